The largest absolute Gasteiger partial charge is 0.453 e. The fourth-order valence-corrected chi connectivity index (χ4v) is 4.54. The molecule has 0 radical (unpaired) electrons. The third kappa shape index (κ3) is 5.15. The van der Waals surface area contributed by atoms with E-state index in [4.69, 9.17) is 0 Å². The number of anilines is 2. The Kier molecular flexibility index (Phi) is 6.96. The van der Waals surface area contributed by atoms with E-state index >= 15 is 4.39 Å². The number of aromatic nitrogens is 4. The zero-order chi connectivity index (χ0) is 27.7. The molecule has 0 spiro atoms. The average Bonchev–Trinajstić information content (AvgIpc) is 3.53. The molecular weight excluding hydrogens is 512 g/mol. The molecule has 1 aliphatic rings. The monoisotopic (exact) mass is 537 g/mol. The molecule has 2 aromatic heterocycles. The lowest BCUT2D eigenvalue weighted by molar-refractivity contribution is -0.116. The van der Waals surface area contributed by atoms with Crippen LogP contribution >= 0.6 is 0 Å². The second kappa shape index (κ2) is 10.5. The topological polar surface area (TPSA) is 143 Å². The number of carbonyl (C=O) groups is 3. The minimum atomic E-state index is -1.04. The summed E-state index contributed by atoms with van der Waals surface area (Å²) in [6, 6.07) is 5.27. The number of hydrogen-bond acceptors (Lipinski definition) is 6. The summed E-state index contributed by atoms with van der Waals surface area (Å²) in [4.78, 5) is 48.9. The van der Waals surface area contributed by atoms with Crippen molar-refractivity contribution in [2.75, 3.05) is 17.7 Å². The molecule has 1 atom stereocenters. The quantitative estimate of drug-likeness (QED) is 0.305. The van der Waals surface area contributed by atoms with E-state index in [1.807, 2.05) is 0 Å². The van der Waals surface area contributed by atoms with Gasteiger partial charge in [-0.25, -0.2) is 23.5 Å². The number of aryl methyl sites for hydroxylation is 1. The van der Waals surface area contributed by atoms with Crippen molar-refractivity contribution in [3.05, 3.63) is 59.8 Å². The summed E-state index contributed by atoms with van der Waals surface area (Å²) in [7, 11) is 2.84. The lowest BCUT2D eigenvalue weighted by atomic mass is 10.0. The van der Waals surface area contributed by atoms with E-state index in [0.717, 1.165) is 6.07 Å². The van der Waals surface area contributed by atoms with Gasteiger partial charge in [-0.2, -0.15) is 0 Å². The van der Waals surface area contributed by atoms with Gasteiger partial charge < -0.3 is 24.9 Å². The Morgan fingerprint density at radius 1 is 1.18 bits per heavy atom. The fraction of sp³-hybridized carbons (Fsp3) is 0.269. The Morgan fingerprint density at radius 2 is 2.00 bits per heavy atom. The number of halogens is 2. The summed E-state index contributed by atoms with van der Waals surface area (Å²) in [6.07, 6.45) is 3.80. The van der Waals surface area contributed by atoms with Crippen LogP contribution in [0, 0.1) is 11.6 Å². The van der Waals surface area contributed by atoms with Gasteiger partial charge in [-0.1, -0.05) is 6.42 Å². The molecule has 2 bridgehead atoms. The third-order valence-corrected chi connectivity index (χ3v) is 6.53. The highest BCUT2D eigenvalue weighted by Crippen LogP contribution is 2.32. The van der Waals surface area contributed by atoms with Crippen molar-refractivity contribution in [1.82, 2.24) is 24.8 Å². The molecular formula is C26H25F2N7O4. The highest BCUT2D eigenvalue weighted by atomic mass is 19.1. The van der Waals surface area contributed by atoms with Crippen LogP contribution in [0.2, 0.25) is 0 Å². The van der Waals surface area contributed by atoms with Gasteiger partial charge >= 0.3 is 6.09 Å². The predicted molar refractivity (Wildman–Crippen MR) is 138 cm³/mol. The number of nitrogens with zero attached hydrogens (tertiary/aromatic N) is 3. The molecule has 39 heavy (non-hydrogen) atoms. The summed E-state index contributed by atoms with van der Waals surface area (Å²) < 4.78 is 36.1. The Bertz CT molecular complexity index is 1600. The molecule has 1 aliphatic heterocycles. The Hall–Kier alpha value is -4.81. The van der Waals surface area contributed by atoms with E-state index in [0.29, 0.717) is 47.7 Å². The number of aromatic amines is 1. The van der Waals surface area contributed by atoms with Crippen molar-refractivity contribution >= 4 is 40.3 Å². The maximum atomic E-state index is 15.1. The maximum absolute atomic E-state index is 15.1. The van der Waals surface area contributed by atoms with Crippen molar-refractivity contribution in [3.63, 3.8) is 0 Å². The molecule has 11 nitrogen and oxygen atoms in total. The molecule has 0 saturated heterocycles. The van der Waals surface area contributed by atoms with Gasteiger partial charge in [-0.05, 0) is 31.0 Å². The number of ether oxygens (including phenoxy) is 1. The number of imidazole rings is 2. The Labute approximate surface area is 221 Å². The van der Waals surface area contributed by atoms with Gasteiger partial charge in [0.15, 0.2) is 5.82 Å². The first-order chi connectivity index (χ1) is 18.7. The maximum Gasteiger partial charge on any atom is 0.411 e. The summed E-state index contributed by atoms with van der Waals surface area (Å²) in [5.41, 5.74) is 1.34. The molecule has 202 valence electrons. The van der Waals surface area contributed by atoms with Crippen LogP contribution in [0.5, 0.6) is 0 Å². The van der Waals surface area contributed by atoms with Crippen molar-refractivity contribution in [2.24, 2.45) is 7.05 Å². The van der Waals surface area contributed by atoms with E-state index in [1.165, 1.54) is 24.2 Å². The molecule has 0 fully saturated rings. The second-order valence-electron chi connectivity index (χ2n) is 9.15. The lowest BCUT2D eigenvalue weighted by Crippen LogP contribution is -2.31. The van der Waals surface area contributed by atoms with E-state index in [1.54, 1.807) is 25.2 Å². The van der Waals surface area contributed by atoms with Gasteiger partial charge in [-0.15, -0.1) is 0 Å². The smallest absolute Gasteiger partial charge is 0.411 e. The molecule has 5 rings (SSSR count). The van der Waals surface area contributed by atoms with Crippen molar-refractivity contribution in [3.8, 4) is 11.3 Å². The summed E-state index contributed by atoms with van der Waals surface area (Å²) in [6.45, 7) is 0. The number of rotatable bonds is 3. The van der Waals surface area contributed by atoms with Crippen LogP contribution in [0.3, 0.4) is 0 Å². The zero-order valence-corrected chi connectivity index (χ0v) is 21.1. The standard InChI is InChI=1S/C26H25F2N7O4/c1-35-12-30-23-19(35)10-15(27)21(22(23)28)25(37)34-16-5-3-4-6-20(36)32-17-9-13(31-26(38)39-2)7-8-14(17)18-11-29-24(16)33-18/h7-12,16H,3-6H2,1-2H3,(H,29,33)(H,31,38)(H,32,36)(H,34,37)/t16-/m0/s1. The van der Waals surface area contributed by atoms with Crippen molar-refractivity contribution in [2.45, 2.75) is 31.7 Å². The van der Waals surface area contributed by atoms with Gasteiger partial charge in [0.25, 0.3) is 5.91 Å². The predicted octanol–water partition coefficient (Wildman–Crippen LogP) is 4.40. The number of benzene rings is 2. The minimum Gasteiger partial charge on any atom is -0.453 e. The van der Waals surface area contributed by atoms with Crippen molar-refractivity contribution in [1.29, 1.82) is 0 Å². The van der Waals surface area contributed by atoms with E-state index in [9.17, 15) is 18.8 Å². The third-order valence-electron chi connectivity index (χ3n) is 6.53. The SMILES string of the molecule is COC(=O)Nc1ccc2c(c1)NC(=O)CCCC[C@H](NC(=O)c1c(F)cc3c(ncn3C)c1F)c1ncc-2[nH]1. The van der Waals surface area contributed by atoms with Gasteiger partial charge in [0.05, 0.1) is 42.6 Å². The van der Waals surface area contributed by atoms with E-state index in [-0.39, 0.29) is 23.4 Å². The zero-order valence-electron chi connectivity index (χ0n) is 21.1. The van der Waals surface area contributed by atoms with Crippen molar-refractivity contribution < 1.29 is 27.9 Å². The molecule has 2 aromatic carbocycles. The molecule has 4 aromatic rings. The first-order valence-corrected chi connectivity index (χ1v) is 12.2. The minimum absolute atomic E-state index is 0.105. The highest BCUT2D eigenvalue weighted by molar-refractivity contribution is 5.99. The van der Waals surface area contributed by atoms with E-state index in [2.05, 4.69) is 35.6 Å². The molecule has 3 heterocycles. The number of methoxy groups -OCH3 is 1. The summed E-state index contributed by atoms with van der Waals surface area (Å²) in [5.74, 6) is -2.84. The molecule has 0 saturated carbocycles. The second-order valence-corrected chi connectivity index (χ2v) is 9.15. The van der Waals surface area contributed by atoms with Crippen LogP contribution < -0.4 is 16.0 Å². The fourth-order valence-electron chi connectivity index (χ4n) is 4.54. The van der Waals surface area contributed by atoms with Crippen LogP contribution in [0.15, 0.2) is 36.8 Å². The molecule has 3 amide bonds. The number of fused-ring (bicyclic) bond motifs is 5. The van der Waals surface area contributed by atoms with E-state index < -0.39 is 35.2 Å². The van der Waals surface area contributed by atoms with Crippen LogP contribution in [0.1, 0.15) is 47.9 Å². The number of carbonyl (C=O) groups excluding carboxylic acids is 3. The van der Waals surface area contributed by atoms with Crippen LogP contribution in [0.25, 0.3) is 22.3 Å². The Balaban J connectivity index is 1.47. The van der Waals surface area contributed by atoms with Crippen LogP contribution in [-0.4, -0.2) is 44.5 Å². The molecule has 4 N–H and O–H groups in total. The summed E-state index contributed by atoms with van der Waals surface area (Å²) in [5, 5.41) is 8.12. The highest BCUT2D eigenvalue weighted by Gasteiger charge is 2.27. The van der Waals surface area contributed by atoms with Crippen LogP contribution in [0.4, 0.5) is 25.0 Å². The average molecular weight is 538 g/mol. The Morgan fingerprint density at radius 3 is 2.79 bits per heavy atom. The number of nitrogens with one attached hydrogen (secondary N) is 4. The number of hydrogen-bond donors (Lipinski definition) is 4. The van der Waals surface area contributed by atoms with Crippen LogP contribution in [-0.2, 0) is 16.6 Å². The normalized spacial score (nSPS) is 15.5. The number of H-pyrrole nitrogens is 1. The molecule has 13 heteroatoms. The number of amides is 3. The molecule has 0 unspecified atom stereocenters. The first kappa shape index (κ1) is 25.8. The van der Waals surface area contributed by atoms with Gasteiger partial charge in [0.1, 0.15) is 22.7 Å². The van der Waals surface area contributed by atoms with Gasteiger partial charge in [0, 0.05) is 30.8 Å². The lowest BCUT2D eigenvalue weighted by Gasteiger charge is -2.19. The summed E-state index contributed by atoms with van der Waals surface area (Å²) >= 11 is 0. The molecule has 0 aliphatic carbocycles. The van der Waals surface area contributed by atoms with Gasteiger partial charge in [-0.3, -0.25) is 14.9 Å². The van der Waals surface area contributed by atoms with Gasteiger partial charge in [0.2, 0.25) is 5.91 Å². The first-order valence-electron chi connectivity index (χ1n) is 12.2.